The minimum Gasteiger partial charge on any atom is -0.493 e. The first-order chi connectivity index (χ1) is 20.4. The van der Waals surface area contributed by atoms with Gasteiger partial charge in [0, 0.05) is 61.0 Å². The highest BCUT2D eigenvalue weighted by Crippen LogP contribution is 2.27. The van der Waals surface area contributed by atoms with Crippen LogP contribution in [-0.4, -0.2) is 47.5 Å². The number of aryl methyl sites for hydroxylation is 2. The van der Waals surface area contributed by atoms with Crippen LogP contribution in [0, 0.1) is 13.8 Å². The van der Waals surface area contributed by atoms with E-state index in [4.69, 9.17) is 4.74 Å². The number of carbonyl (C=O) groups is 2. The molecule has 0 aliphatic carbocycles. The second-order valence-corrected chi connectivity index (χ2v) is 11.4. The number of rotatable bonds is 6. The fourth-order valence-electron chi connectivity index (χ4n) is 5.75. The summed E-state index contributed by atoms with van der Waals surface area (Å²) in [5.74, 6) is 0.624. The maximum absolute atomic E-state index is 13.3. The average Bonchev–Trinajstić information content (AvgIpc) is 3.22. The Hall–Kier alpha value is -4.10. The van der Waals surface area contributed by atoms with Crippen LogP contribution in [0.1, 0.15) is 57.6 Å². The molecule has 0 radical (unpaired) electrons. The van der Waals surface area contributed by atoms with Crippen LogP contribution >= 0.6 is 0 Å². The number of benzene rings is 3. The quantitative estimate of drug-likeness (QED) is 0.326. The van der Waals surface area contributed by atoms with Gasteiger partial charge in [-0.15, -0.1) is 0 Å². The number of amides is 2. The van der Waals surface area contributed by atoms with E-state index < -0.39 is 0 Å². The predicted molar refractivity (Wildman–Crippen MR) is 168 cm³/mol. The van der Waals surface area contributed by atoms with Crippen molar-refractivity contribution in [2.75, 3.05) is 26.2 Å². The van der Waals surface area contributed by atoms with Gasteiger partial charge in [0.25, 0.3) is 5.91 Å². The standard InChI is InChI=1S/C35H42N4O3/c1-25-12-15-31-30(26(2)38(3)32(31)20-25)16-18-37-35(41)28-13-14-29-23-39(22-27-10-6-4-7-11-27)24-34(40)36-17-8-5-9-19-42-33(29)21-28/h4,6-7,10-15,20-21H,5,8-9,16-19,22-24H2,1-3H3,(H,36,40)(H,37,41). The summed E-state index contributed by atoms with van der Waals surface area (Å²) in [6.07, 6.45) is 3.54. The van der Waals surface area contributed by atoms with E-state index in [1.165, 1.54) is 27.7 Å². The van der Waals surface area contributed by atoms with Crippen LogP contribution in [0.15, 0.2) is 66.7 Å². The van der Waals surface area contributed by atoms with Gasteiger partial charge in [0.2, 0.25) is 5.91 Å². The van der Waals surface area contributed by atoms with E-state index >= 15 is 0 Å². The normalized spacial score (nSPS) is 15.1. The fraction of sp³-hybridized carbons (Fsp3) is 0.371. The second-order valence-electron chi connectivity index (χ2n) is 11.4. The summed E-state index contributed by atoms with van der Waals surface area (Å²) < 4.78 is 8.48. The summed E-state index contributed by atoms with van der Waals surface area (Å²) in [5.41, 5.74) is 7.65. The molecule has 0 unspecified atom stereocenters. The first-order valence-electron chi connectivity index (χ1n) is 15.0. The Morgan fingerprint density at radius 1 is 0.976 bits per heavy atom. The van der Waals surface area contributed by atoms with Gasteiger partial charge in [-0.2, -0.15) is 0 Å². The summed E-state index contributed by atoms with van der Waals surface area (Å²) in [4.78, 5) is 28.1. The third kappa shape index (κ3) is 7.21. The zero-order valence-electron chi connectivity index (χ0n) is 25.0. The molecule has 5 rings (SSSR count). The van der Waals surface area contributed by atoms with E-state index in [0.29, 0.717) is 50.6 Å². The number of fused-ring (bicyclic) bond motifs is 2. The summed E-state index contributed by atoms with van der Waals surface area (Å²) in [6, 6.07) is 22.4. The minimum atomic E-state index is -0.112. The molecule has 7 nitrogen and oxygen atoms in total. The maximum atomic E-state index is 13.3. The van der Waals surface area contributed by atoms with Crippen LogP contribution < -0.4 is 15.4 Å². The number of nitrogens with zero attached hydrogens (tertiary/aromatic N) is 2. The third-order valence-corrected chi connectivity index (χ3v) is 8.18. The molecule has 3 aromatic carbocycles. The van der Waals surface area contributed by atoms with Crippen LogP contribution in [0.4, 0.5) is 0 Å². The molecule has 2 N–H and O–H groups in total. The van der Waals surface area contributed by atoms with Crippen molar-refractivity contribution in [2.24, 2.45) is 7.05 Å². The van der Waals surface area contributed by atoms with Crippen molar-refractivity contribution in [3.63, 3.8) is 0 Å². The molecule has 0 fully saturated rings. The van der Waals surface area contributed by atoms with Gasteiger partial charge in [0.1, 0.15) is 5.75 Å². The Kier molecular flexibility index (Phi) is 9.59. The van der Waals surface area contributed by atoms with E-state index in [2.05, 4.69) is 71.3 Å². The zero-order chi connectivity index (χ0) is 29.5. The molecular weight excluding hydrogens is 524 g/mol. The van der Waals surface area contributed by atoms with Crippen molar-refractivity contribution in [1.29, 1.82) is 0 Å². The van der Waals surface area contributed by atoms with Crippen molar-refractivity contribution in [3.05, 3.63) is 100 Å². The molecule has 4 aromatic rings. The first kappa shape index (κ1) is 29.4. The molecule has 0 saturated carbocycles. The van der Waals surface area contributed by atoms with Crippen LogP contribution in [0.25, 0.3) is 10.9 Å². The first-order valence-corrected chi connectivity index (χ1v) is 15.0. The molecule has 0 bridgehead atoms. The fourth-order valence-corrected chi connectivity index (χ4v) is 5.75. The van der Waals surface area contributed by atoms with Crippen molar-refractivity contribution in [1.82, 2.24) is 20.1 Å². The smallest absolute Gasteiger partial charge is 0.251 e. The number of carbonyl (C=O) groups excluding carboxylic acids is 2. The lowest BCUT2D eigenvalue weighted by Crippen LogP contribution is -2.37. The molecule has 2 amide bonds. The highest BCUT2D eigenvalue weighted by molar-refractivity contribution is 5.95. The van der Waals surface area contributed by atoms with Crippen LogP contribution in [0.5, 0.6) is 5.75 Å². The van der Waals surface area contributed by atoms with Crippen LogP contribution in [0.3, 0.4) is 0 Å². The minimum absolute atomic E-state index is 0.0280. The topological polar surface area (TPSA) is 75.6 Å². The van der Waals surface area contributed by atoms with E-state index in [1.807, 2.05) is 36.4 Å². The van der Waals surface area contributed by atoms with Gasteiger partial charge in [-0.3, -0.25) is 14.5 Å². The van der Waals surface area contributed by atoms with Gasteiger partial charge in [0.05, 0.1) is 13.2 Å². The summed E-state index contributed by atoms with van der Waals surface area (Å²) in [5, 5.41) is 7.42. The van der Waals surface area contributed by atoms with Crippen molar-refractivity contribution < 1.29 is 14.3 Å². The van der Waals surface area contributed by atoms with Gasteiger partial charge >= 0.3 is 0 Å². The molecule has 0 atom stereocenters. The molecule has 0 spiro atoms. The lowest BCUT2D eigenvalue weighted by molar-refractivity contribution is -0.122. The molecule has 0 saturated heterocycles. The molecule has 1 aliphatic rings. The monoisotopic (exact) mass is 566 g/mol. The Labute approximate surface area is 248 Å². The van der Waals surface area contributed by atoms with E-state index in [1.54, 1.807) is 0 Å². The van der Waals surface area contributed by atoms with E-state index in [9.17, 15) is 9.59 Å². The molecule has 1 aromatic heterocycles. The predicted octanol–water partition coefficient (Wildman–Crippen LogP) is 5.45. The van der Waals surface area contributed by atoms with Crippen LogP contribution in [-0.2, 0) is 31.4 Å². The molecular formula is C35H42N4O3. The highest BCUT2D eigenvalue weighted by atomic mass is 16.5. The number of aromatic nitrogens is 1. The Balaban J connectivity index is 1.31. The van der Waals surface area contributed by atoms with Crippen molar-refractivity contribution in [3.8, 4) is 5.75 Å². The van der Waals surface area contributed by atoms with E-state index in [0.717, 1.165) is 36.8 Å². The molecule has 42 heavy (non-hydrogen) atoms. The van der Waals surface area contributed by atoms with Crippen molar-refractivity contribution in [2.45, 2.75) is 52.6 Å². The highest BCUT2D eigenvalue weighted by Gasteiger charge is 2.18. The largest absolute Gasteiger partial charge is 0.493 e. The summed E-state index contributed by atoms with van der Waals surface area (Å²) in [7, 11) is 2.10. The second kappa shape index (κ2) is 13.7. The van der Waals surface area contributed by atoms with Gasteiger partial charge in [0.15, 0.2) is 0 Å². The summed E-state index contributed by atoms with van der Waals surface area (Å²) >= 11 is 0. The van der Waals surface area contributed by atoms with Crippen LogP contribution in [0.2, 0.25) is 0 Å². The third-order valence-electron chi connectivity index (χ3n) is 8.18. The van der Waals surface area contributed by atoms with Gasteiger partial charge in [-0.25, -0.2) is 0 Å². The number of hydrogen-bond acceptors (Lipinski definition) is 4. The molecule has 2 heterocycles. The zero-order valence-corrected chi connectivity index (χ0v) is 25.0. The molecule has 7 heteroatoms. The van der Waals surface area contributed by atoms with Gasteiger partial charge < -0.3 is 19.9 Å². The Bertz CT molecular complexity index is 1540. The Morgan fingerprint density at radius 3 is 2.64 bits per heavy atom. The van der Waals surface area contributed by atoms with Crippen molar-refractivity contribution >= 4 is 22.7 Å². The Morgan fingerprint density at radius 2 is 1.81 bits per heavy atom. The van der Waals surface area contributed by atoms with Gasteiger partial charge in [-0.05, 0) is 74.4 Å². The van der Waals surface area contributed by atoms with E-state index in [-0.39, 0.29) is 11.8 Å². The average molecular weight is 567 g/mol. The van der Waals surface area contributed by atoms with Gasteiger partial charge in [-0.1, -0.05) is 48.5 Å². The number of nitrogens with one attached hydrogen (secondary N) is 2. The number of ether oxygens (including phenoxy) is 1. The maximum Gasteiger partial charge on any atom is 0.251 e. The summed E-state index contributed by atoms with van der Waals surface area (Å²) in [6.45, 7) is 7.52. The molecule has 1 aliphatic heterocycles. The lowest BCUT2D eigenvalue weighted by atomic mass is 10.1. The molecule has 220 valence electrons. The number of hydrogen-bond donors (Lipinski definition) is 2. The SMILES string of the molecule is Cc1ccc2c(CCNC(=O)c3ccc4c(c3)OCCCCCNC(=O)CN(Cc3ccccc3)C4)c(C)n(C)c2c1. The lowest BCUT2D eigenvalue weighted by Gasteiger charge is -2.23.